The van der Waals surface area contributed by atoms with E-state index in [9.17, 15) is 8.42 Å². The van der Waals surface area contributed by atoms with E-state index in [0.29, 0.717) is 24.9 Å². The van der Waals surface area contributed by atoms with Crippen molar-refractivity contribution in [2.24, 2.45) is 11.8 Å². The first-order valence-electron chi connectivity index (χ1n) is 6.11. The highest BCUT2D eigenvalue weighted by Gasteiger charge is 2.42. The van der Waals surface area contributed by atoms with Gasteiger partial charge in [-0.3, -0.25) is 0 Å². The van der Waals surface area contributed by atoms with E-state index in [0.717, 1.165) is 13.1 Å². The van der Waals surface area contributed by atoms with Crippen molar-refractivity contribution in [2.45, 2.75) is 13.0 Å². The molecule has 17 heavy (non-hydrogen) atoms. The number of likely N-dealkylation sites (tertiary alicyclic amines) is 1. The topological polar surface area (TPSA) is 49.9 Å². The summed E-state index contributed by atoms with van der Waals surface area (Å²) in [4.78, 5) is 2.29. The lowest BCUT2D eigenvalue weighted by Gasteiger charge is -2.20. The number of methoxy groups -OCH3 is 1. The second-order valence-corrected chi connectivity index (χ2v) is 7.40. The molecule has 0 saturated carbocycles. The summed E-state index contributed by atoms with van der Waals surface area (Å²) >= 11 is 0. The first kappa shape index (κ1) is 13.3. The van der Waals surface area contributed by atoms with E-state index in [1.807, 2.05) is 0 Å². The number of ether oxygens (including phenoxy) is 1. The Morgan fingerprint density at radius 1 is 1.24 bits per heavy atom. The maximum Gasteiger partial charge on any atom is 0.216 e. The zero-order valence-electron chi connectivity index (χ0n) is 10.8. The number of rotatable bonds is 4. The van der Waals surface area contributed by atoms with Crippen LogP contribution in [-0.2, 0) is 14.8 Å². The molecule has 0 bridgehead atoms. The summed E-state index contributed by atoms with van der Waals surface area (Å²) in [6.45, 7) is 5.22. The SMILES string of the molecule is CO[C@@H](C)CS(=O)(=O)N1C[C@H]2CN(C)C[C@H]2C1. The first-order valence-corrected chi connectivity index (χ1v) is 7.72. The molecule has 0 unspecified atom stereocenters. The maximum atomic E-state index is 12.1. The minimum absolute atomic E-state index is 0.0960. The van der Waals surface area contributed by atoms with Crippen LogP contribution in [0.5, 0.6) is 0 Å². The zero-order chi connectivity index (χ0) is 12.6. The fourth-order valence-electron chi connectivity index (χ4n) is 2.88. The molecule has 2 aliphatic rings. The standard InChI is InChI=1S/C11H22N2O3S/c1-9(16-3)8-17(14,15)13-6-10-4-12(2)5-11(10)7-13/h9-11H,4-8H2,1-3H3/t9-,10-,11+/m0/s1. The Kier molecular flexibility index (Phi) is 3.77. The predicted octanol–water partition coefficient (Wildman–Crippen LogP) is -0.155. The Morgan fingerprint density at radius 3 is 2.24 bits per heavy atom. The van der Waals surface area contributed by atoms with Crippen LogP contribution in [0.3, 0.4) is 0 Å². The van der Waals surface area contributed by atoms with Gasteiger partial charge in [0.1, 0.15) is 0 Å². The molecule has 3 atom stereocenters. The monoisotopic (exact) mass is 262 g/mol. The molecule has 0 radical (unpaired) electrons. The van der Waals surface area contributed by atoms with Crippen molar-refractivity contribution in [2.75, 3.05) is 46.1 Å². The van der Waals surface area contributed by atoms with E-state index >= 15 is 0 Å². The van der Waals surface area contributed by atoms with Crippen LogP contribution in [0.15, 0.2) is 0 Å². The average molecular weight is 262 g/mol. The Labute approximate surface area is 104 Å². The summed E-state index contributed by atoms with van der Waals surface area (Å²) in [5.74, 6) is 1.14. The molecule has 0 aliphatic carbocycles. The van der Waals surface area contributed by atoms with Crippen LogP contribution in [-0.4, -0.2) is 69.8 Å². The summed E-state index contributed by atoms with van der Waals surface area (Å²) in [7, 11) is 0.510. The van der Waals surface area contributed by atoms with Crippen molar-refractivity contribution in [1.29, 1.82) is 0 Å². The van der Waals surface area contributed by atoms with Crippen LogP contribution in [0.1, 0.15) is 6.92 Å². The third kappa shape index (κ3) is 2.81. The molecular formula is C11H22N2O3S. The molecule has 2 fully saturated rings. The molecule has 0 aromatic heterocycles. The molecule has 0 aromatic carbocycles. The van der Waals surface area contributed by atoms with Crippen molar-refractivity contribution in [3.63, 3.8) is 0 Å². The molecule has 2 aliphatic heterocycles. The zero-order valence-corrected chi connectivity index (χ0v) is 11.6. The lowest BCUT2D eigenvalue weighted by Crippen LogP contribution is -2.37. The summed E-state index contributed by atoms with van der Waals surface area (Å²) in [5.41, 5.74) is 0. The summed E-state index contributed by atoms with van der Waals surface area (Å²) in [5, 5.41) is 0. The van der Waals surface area contributed by atoms with Crippen LogP contribution in [0.4, 0.5) is 0 Å². The second-order valence-electron chi connectivity index (χ2n) is 5.38. The molecule has 2 rings (SSSR count). The van der Waals surface area contributed by atoms with Gasteiger partial charge in [-0.2, -0.15) is 0 Å². The van der Waals surface area contributed by atoms with Gasteiger partial charge in [-0.15, -0.1) is 0 Å². The van der Waals surface area contributed by atoms with E-state index in [4.69, 9.17) is 4.74 Å². The van der Waals surface area contributed by atoms with Gasteiger partial charge in [-0.25, -0.2) is 12.7 Å². The molecule has 6 heteroatoms. The third-order valence-corrected chi connectivity index (χ3v) is 5.85. The molecule has 0 aromatic rings. The molecular weight excluding hydrogens is 240 g/mol. The van der Waals surface area contributed by atoms with Crippen LogP contribution in [0.2, 0.25) is 0 Å². The van der Waals surface area contributed by atoms with Crippen LogP contribution in [0, 0.1) is 11.8 Å². The highest BCUT2D eigenvalue weighted by Crippen LogP contribution is 2.31. The third-order valence-electron chi connectivity index (χ3n) is 3.88. The van der Waals surface area contributed by atoms with Gasteiger partial charge in [0, 0.05) is 33.3 Å². The van der Waals surface area contributed by atoms with Gasteiger partial charge in [-0.05, 0) is 25.8 Å². The Balaban J connectivity index is 1.97. The molecule has 100 valence electrons. The molecule has 2 saturated heterocycles. The lowest BCUT2D eigenvalue weighted by molar-refractivity contribution is 0.135. The summed E-state index contributed by atoms with van der Waals surface area (Å²) in [6, 6.07) is 0. The van der Waals surface area contributed by atoms with E-state index in [1.165, 1.54) is 0 Å². The van der Waals surface area contributed by atoms with Crippen molar-refractivity contribution in [3.05, 3.63) is 0 Å². The van der Waals surface area contributed by atoms with Crippen molar-refractivity contribution >= 4 is 10.0 Å². The normalized spacial score (nSPS) is 32.9. The second kappa shape index (κ2) is 4.84. The molecule has 5 nitrogen and oxygen atoms in total. The van der Waals surface area contributed by atoms with Gasteiger partial charge in [-0.1, -0.05) is 0 Å². The van der Waals surface area contributed by atoms with Gasteiger partial charge >= 0.3 is 0 Å². The molecule has 2 heterocycles. The highest BCUT2D eigenvalue weighted by molar-refractivity contribution is 7.89. The van der Waals surface area contributed by atoms with Crippen LogP contribution in [0.25, 0.3) is 0 Å². The Morgan fingerprint density at radius 2 is 1.76 bits per heavy atom. The predicted molar refractivity (Wildman–Crippen MR) is 66.3 cm³/mol. The quantitative estimate of drug-likeness (QED) is 0.707. The lowest BCUT2D eigenvalue weighted by atomic mass is 10.0. The van der Waals surface area contributed by atoms with E-state index in [1.54, 1.807) is 18.3 Å². The number of nitrogens with zero attached hydrogens (tertiary/aromatic N) is 2. The van der Waals surface area contributed by atoms with Gasteiger partial charge in [0.15, 0.2) is 0 Å². The number of hydrogen-bond acceptors (Lipinski definition) is 4. The smallest absolute Gasteiger partial charge is 0.216 e. The van der Waals surface area contributed by atoms with Gasteiger partial charge in [0.25, 0.3) is 0 Å². The highest BCUT2D eigenvalue weighted by atomic mass is 32.2. The van der Waals surface area contributed by atoms with Gasteiger partial charge in [0.05, 0.1) is 11.9 Å². The minimum atomic E-state index is -3.14. The Bertz CT molecular complexity index is 357. The summed E-state index contributed by atoms with van der Waals surface area (Å²) in [6.07, 6.45) is -0.233. The molecule has 0 spiro atoms. The average Bonchev–Trinajstić information content (AvgIpc) is 2.74. The molecule has 0 amide bonds. The van der Waals surface area contributed by atoms with E-state index in [-0.39, 0.29) is 11.9 Å². The first-order chi connectivity index (χ1) is 7.92. The fraction of sp³-hybridized carbons (Fsp3) is 1.00. The molecule has 0 N–H and O–H groups in total. The number of fused-ring (bicyclic) bond motifs is 1. The van der Waals surface area contributed by atoms with E-state index in [2.05, 4.69) is 11.9 Å². The number of sulfonamides is 1. The fourth-order valence-corrected chi connectivity index (χ4v) is 4.66. The largest absolute Gasteiger partial charge is 0.381 e. The van der Waals surface area contributed by atoms with Crippen LogP contribution >= 0.6 is 0 Å². The Hall–Kier alpha value is -0.170. The van der Waals surface area contributed by atoms with Crippen LogP contribution < -0.4 is 0 Å². The summed E-state index contributed by atoms with van der Waals surface area (Å²) < 4.78 is 31.0. The van der Waals surface area contributed by atoms with Crippen molar-refractivity contribution < 1.29 is 13.2 Å². The van der Waals surface area contributed by atoms with E-state index < -0.39 is 10.0 Å². The van der Waals surface area contributed by atoms with Gasteiger partial charge < -0.3 is 9.64 Å². The van der Waals surface area contributed by atoms with Gasteiger partial charge in [0.2, 0.25) is 10.0 Å². The van der Waals surface area contributed by atoms with Crippen molar-refractivity contribution in [3.8, 4) is 0 Å². The minimum Gasteiger partial charge on any atom is -0.381 e. The van der Waals surface area contributed by atoms with Crippen molar-refractivity contribution in [1.82, 2.24) is 9.21 Å². The maximum absolute atomic E-state index is 12.1. The number of hydrogen-bond donors (Lipinski definition) is 0.